The molecule has 0 saturated carbocycles. The molecule has 0 aliphatic carbocycles. The Balaban J connectivity index is 2.02. The smallest absolute Gasteiger partial charge is 0.417 e. The van der Waals surface area contributed by atoms with E-state index in [0.717, 1.165) is 26.2 Å². The van der Waals surface area contributed by atoms with Crippen LogP contribution in [0.1, 0.15) is 31.7 Å². The number of nitrogen functional groups attached to an aromatic ring is 1. The van der Waals surface area contributed by atoms with Crippen LogP contribution in [0.3, 0.4) is 0 Å². The van der Waals surface area contributed by atoms with Crippen LogP contribution in [0, 0.1) is 17.6 Å². The van der Waals surface area contributed by atoms with Gasteiger partial charge in [-0.15, -0.1) is 0 Å². The summed E-state index contributed by atoms with van der Waals surface area (Å²) < 4.78 is 80.8. The fraction of sp³-hybridized carbons (Fsp3) is 0.435. The second-order valence-corrected chi connectivity index (χ2v) is 8.68. The molecule has 3 rings (SSSR count). The fourth-order valence-corrected chi connectivity index (χ4v) is 4.28. The van der Waals surface area contributed by atoms with Crippen LogP contribution in [0.2, 0.25) is 0 Å². The van der Waals surface area contributed by atoms with Crippen molar-refractivity contribution in [3.8, 4) is 5.75 Å². The van der Waals surface area contributed by atoms with E-state index < -0.39 is 58.9 Å². The summed E-state index contributed by atoms with van der Waals surface area (Å²) in [7, 11) is 1.03. The van der Waals surface area contributed by atoms with E-state index in [2.05, 4.69) is 15.6 Å². The number of alkyl halides is 3. The molecule has 1 aromatic heterocycles. The Labute approximate surface area is 208 Å². The highest BCUT2D eigenvalue weighted by molar-refractivity contribution is 5.97. The van der Waals surface area contributed by atoms with Gasteiger partial charge in [0.15, 0.2) is 17.2 Å². The van der Waals surface area contributed by atoms with Crippen molar-refractivity contribution in [3.05, 3.63) is 41.5 Å². The molecule has 2 heterocycles. The maximum Gasteiger partial charge on any atom is 0.417 e. The SMILES string of the molecule is COc1c(C2C(C)[C@](C)(C(F)(F)F)O[C@H]2C(=O)Nc2cc(N)nc(NC(=O)CCN)c2)ccc(F)c1F. The van der Waals surface area contributed by atoms with Gasteiger partial charge in [-0.2, -0.15) is 17.6 Å². The predicted molar refractivity (Wildman–Crippen MR) is 124 cm³/mol. The lowest BCUT2D eigenvalue weighted by Crippen LogP contribution is -2.47. The quantitative estimate of drug-likeness (QED) is 0.402. The van der Waals surface area contributed by atoms with Crippen LogP contribution in [0.4, 0.5) is 39.3 Å². The molecule has 0 radical (unpaired) electrons. The summed E-state index contributed by atoms with van der Waals surface area (Å²) in [6.07, 6.45) is -6.72. The van der Waals surface area contributed by atoms with Crippen LogP contribution in [0.25, 0.3) is 0 Å². The Kier molecular flexibility index (Phi) is 7.93. The van der Waals surface area contributed by atoms with Crippen LogP contribution >= 0.6 is 0 Å². The van der Waals surface area contributed by atoms with Crippen LogP contribution < -0.4 is 26.8 Å². The molecule has 1 saturated heterocycles. The highest BCUT2D eigenvalue weighted by Gasteiger charge is 2.65. The lowest BCUT2D eigenvalue weighted by molar-refractivity contribution is -0.272. The standard InChI is InChI=1S/C23H26F5N5O4/c1-10-17(12-4-5-13(24)18(25)19(12)36-3)20(37-22(10,2)23(26,27)28)21(35)31-11-8-14(30)32-15(9-11)33-16(34)6-7-29/h4-5,8-10,17,20H,6-7,29H2,1-3H3,(H4,30,31,32,33,34,35)/t10?,17?,20-,22-/m1/s1. The van der Waals surface area contributed by atoms with E-state index in [-0.39, 0.29) is 35.9 Å². The molecule has 0 spiro atoms. The molecule has 0 bridgehead atoms. The summed E-state index contributed by atoms with van der Waals surface area (Å²) in [5, 5.41) is 4.84. The lowest BCUT2D eigenvalue weighted by Gasteiger charge is -2.32. The molecule has 1 fully saturated rings. The third-order valence-corrected chi connectivity index (χ3v) is 6.32. The molecule has 1 aromatic carbocycles. The van der Waals surface area contributed by atoms with Crippen molar-refractivity contribution in [2.45, 2.75) is 44.1 Å². The highest BCUT2D eigenvalue weighted by Crippen LogP contribution is 2.55. The maximum atomic E-state index is 14.5. The van der Waals surface area contributed by atoms with Crippen molar-refractivity contribution in [2.24, 2.45) is 11.7 Å². The van der Waals surface area contributed by atoms with Gasteiger partial charge in [0.1, 0.15) is 17.7 Å². The molecule has 2 aromatic rings. The zero-order valence-corrected chi connectivity index (χ0v) is 20.1. The van der Waals surface area contributed by atoms with Crippen LogP contribution in [-0.4, -0.2) is 48.3 Å². The number of anilines is 3. The van der Waals surface area contributed by atoms with E-state index in [1.807, 2.05) is 0 Å². The van der Waals surface area contributed by atoms with Gasteiger partial charge in [0.2, 0.25) is 11.7 Å². The van der Waals surface area contributed by atoms with E-state index in [9.17, 15) is 31.5 Å². The maximum absolute atomic E-state index is 14.5. The Morgan fingerprint density at radius 2 is 1.89 bits per heavy atom. The minimum atomic E-state index is -4.91. The van der Waals surface area contributed by atoms with Gasteiger partial charge in [-0.1, -0.05) is 13.0 Å². The van der Waals surface area contributed by atoms with Crippen LogP contribution in [-0.2, 0) is 14.3 Å². The number of carbonyl (C=O) groups is 2. The average molecular weight is 531 g/mol. The zero-order chi connectivity index (χ0) is 27.7. The van der Waals surface area contributed by atoms with Crippen LogP contribution in [0.5, 0.6) is 5.75 Å². The average Bonchev–Trinajstić information content (AvgIpc) is 3.07. The van der Waals surface area contributed by atoms with Gasteiger partial charge in [0.05, 0.1) is 7.11 Å². The molecule has 14 heteroatoms. The molecular formula is C23H26F5N5O4. The van der Waals surface area contributed by atoms with Crippen molar-refractivity contribution in [2.75, 3.05) is 30.0 Å². The summed E-state index contributed by atoms with van der Waals surface area (Å²) in [5.41, 5.74) is 8.07. The monoisotopic (exact) mass is 531 g/mol. The number of hydrogen-bond acceptors (Lipinski definition) is 7. The van der Waals surface area contributed by atoms with Gasteiger partial charge in [-0.3, -0.25) is 9.59 Å². The summed E-state index contributed by atoms with van der Waals surface area (Å²) in [4.78, 5) is 29.0. The molecule has 2 unspecified atom stereocenters. The minimum Gasteiger partial charge on any atom is -0.493 e. The van der Waals surface area contributed by atoms with E-state index in [1.165, 1.54) is 19.1 Å². The van der Waals surface area contributed by atoms with Gasteiger partial charge in [-0.25, -0.2) is 9.37 Å². The largest absolute Gasteiger partial charge is 0.493 e. The molecular weight excluding hydrogens is 505 g/mol. The number of pyridine rings is 1. The second kappa shape index (κ2) is 10.5. The molecule has 2 amide bonds. The van der Waals surface area contributed by atoms with Gasteiger partial charge < -0.3 is 31.6 Å². The first-order chi connectivity index (χ1) is 17.2. The number of ether oxygens (including phenoxy) is 2. The predicted octanol–water partition coefficient (Wildman–Crippen LogP) is 3.32. The summed E-state index contributed by atoms with van der Waals surface area (Å²) >= 11 is 0. The number of benzene rings is 1. The Morgan fingerprint density at radius 1 is 1.22 bits per heavy atom. The molecule has 1 aliphatic rings. The number of halogens is 5. The molecule has 6 N–H and O–H groups in total. The Bertz CT molecular complexity index is 1190. The van der Waals surface area contributed by atoms with E-state index in [0.29, 0.717) is 0 Å². The van der Waals surface area contributed by atoms with Gasteiger partial charge in [0, 0.05) is 48.2 Å². The first-order valence-electron chi connectivity index (χ1n) is 11.1. The summed E-state index contributed by atoms with van der Waals surface area (Å²) in [6.45, 7) is 2.04. The van der Waals surface area contributed by atoms with Crippen molar-refractivity contribution < 1.29 is 41.0 Å². The van der Waals surface area contributed by atoms with Gasteiger partial charge in [-0.05, 0) is 13.0 Å². The molecule has 1 aliphatic heterocycles. The number of carbonyl (C=O) groups excluding carboxylic acids is 2. The minimum absolute atomic E-state index is 0.00610. The highest BCUT2D eigenvalue weighted by atomic mass is 19.4. The van der Waals surface area contributed by atoms with E-state index in [4.69, 9.17) is 20.9 Å². The van der Waals surface area contributed by atoms with Crippen molar-refractivity contribution >= 4 is 29.1 Å². The fourth-order valence-electron chi connectivity index (χ4n) is 4.28. The second-order valence-electron chi connectivity index (χ2n) is 8.68. The van der Waals surface area contributed by atoms with Crippen LogP contribution in [0.15, 0.2) is 24.3 Å². The number of methoxy groups -OCH3 is 1. The van der Waals surface area contributed by atoms with E-state index >= 15 is 0 Å². The Hall–Kier alpha value is -3.52. The molecule has 4 atom stereocenters. The van der Waals surface area contributed by atoms with Crippen molar-refractivity contribution in [3.63, 3.8) is 0 Å². The number of amides is 2. The third-order valence-electron chi connectivity index (χ3n) is 6.32. The van der Waals surface area contributed by atoms with Crippen molar-refractivity contribution in [1.29, 1.82) is 0 Å². The lowest BCUT2D eigenvalue weighted by atomic mass is 9.77. The number of hydrogen-bond donors (Lipinski definition) is 4. The Morgan fingerprint density at radius 3 is 2.49 bits per heavy atom. The molecule has 202 valence electrons. The number of nitrogens with zero attached hydrogens (tertiary/aromatic N) is 1. The normalized spacial score (nSPS) is 23.5. The summed E-state index contributed by atoms with van der Waals surface area (Å²) in [5.74, 6) is -7.78. The first-order valence-corrected chi connectivity index (χ1v) is 11.1. The van der Waals surface area contributed by atoms with Gasteiger partial charge in [0.25, 0.3) is 5.91 Å². The number of nitrogens with two attached hydrogens (primary N) is 2. The molecule has 9 nitrogen and oxygen atoms in total. The first kappa shape index (κ1) is 28.1. The number of aromatic nitrogens is 1. The number of rotatable bonds is 7. The van der Waals surface area contributed by atoms with Gasteiger partial charge >= 0.3 is 6.18 Å². The number of nitrogens with one attached hydrogen (secondary N) is 2. The van der Waals surface area contributed by atoms with Crippen molar-refractivity contribution in [1.82, 2.24) is 4.98 Å². The summed E-state index contributed by atoms with van der Waals surface area (Å²) in [6, 6.07) is 4.24. The van der Waals surface area contributed by atoms with E-state index in [1.54, 1.807) is 0 Å². The zero-order valence-electron chi connectivity index (χ0n) is 20.1. The topological polar surface area (TPSA) is 142 Å². The molecule has 37 heavy (non-hydrogen) atoms. The third kappa shape index (κ3) is 5.44.